The Morgan fingerprint density at radius 2 is 1.17 bits per heavy atom. The first-order chi connectivity index (χ1) is 14.6. The number of carboxylic acid groups (broad SMARTS) is 1. The van der Waals surface area contributed by atoms with Gasteiger partial charge in [0.1, 0.15) is 6.04 Å². The van der Waals surface area contributed by atoms with Gasteiger partial charge in [-0.05, 0) is 55.5 Å². The van der Waals surface area contributed by atoms with Crippen LogP contribution in [0.4, 0.5) is 0 Å². The number of hydrogen-bond donors (Lipinski definition) is 1. The van der Waals surface area contributed by atoms with Crippen molar-refractivity contribution in [2.45, 2.75) is 31.2 Å². The van der Waals surface area contributed by atoms with E-state index in [0.29, 0.717) is 5.92 Å². The Morgan fingerprint density at radius 1 is 0.800 bits per heavy atom. The maximum atomic E-state index is 11.5. The van der Waals surface area contributed by atoms with E-state index in [2.05, 4.69) is 95.9 Å². The van der Waals surface area contributed by atoms with Gasteiger partial charge in [-0.2, -0.15) is 0 Å². The van der Waals surface area contributed by atoms with E-state index in [1.165, 1.54) is 16.7 Å². The van der Waals surface area contributed by atoms with Gasteiger partial charge in [-0.25, -0.2) is 0 Å². The Labute approximate surface area is 179 Å². The standard InChI is InChI=1S/C27H29NO2/c1-21(26(29)30)28-19-17-25(18-20-28)27(22-11-5-2-6-12-22,23-13-7-3-8-14-23)24-15-9-4-10-16-24/h2-16,21,25H,17-20H2,1H3,(H,29,30). The molecule has 30 heavy (non-hydrogen) atoms. The van der Waals surface area contributed by atoms with E-state index in [9.17, 15) is 9.90 Å². The Balaban J connectivity index is 1.83. The quantitative estimate of drug-likeness (QED) is 0.579. The van der Waals surface area contributed by atoms with Gasteiger partial charge in [0.25, 0.3) is 0 Å². The second-order valence-electron chi connectivity index (χ2n) is 8.23. The predicted molar refractivity (Wildman–Crippen MR) is 121 cm³/mol. The highest BCUT2D eigenvalue weighted by Gasteiger charge is 2.45. The van der Waals surface area contributed by atoms with Crippen LogP contribution in [0.1, 0.15) is 36.5 Å². The first kappa shape index (κ1) is 20.4. The molecule has 0 amide bonds. The second kappa shape index (κ2) is 8.85. The van der Waals surface area contributed by atoms with Gasteiger partial charge in [0.15, 0.2) is 0 Å². The summed E-state index contributed by atoms with van der Waals surface area (Å²) in [5.74, 6) is -0.365. The Hall–Kier alpha value is -2.91. The maximum Gasteiger partial charge on any atom is 0.320 e. The summed E-state index contributed by atoms with van der Waals surface area (Å²) < 4.78 is 0. The van der Waals surface area contributed by atoms with E-state index in [0.717, 1.165) is 25.9 Å². The fraction of sp³-hybridized carbons (Fsp3) is 0.296. The minimum Gasteiger partial charge on any atom is -0.480 e. The molecule has 1 aliphatic rings. The van der Waals surface area contributed by atoms with Crippen molar-refractivity contribution in [3.05, 3.63) is 108 Å². The minimum absolute atomic E-state index is 0.262. The van der Waals surface area contributed by atoms with Crippen molar-refractivity contribution in [3.63, 3.8) is 0 Å². The molecule has 3 aromatic rings. The zero-order valence-corrected chi connectivity index (χ0v) is 17.4. The predicted octanol–water partition coefficient (Wildman–Crippen LogP) is 5.21. The van der Waals surface area contributed by atoms with Crippen LogP contribution < -0.4 is 0 Å². The fourth-order valence-electron chi connectivity index (χ4n) is 5.19. The van der Waals surface area contributed by atoms with Crippen molar-refractivity contribution < 1.29 is 9.90 Å². The molecule has 1 N–H and O–H groups in total. The Morgan fingerprint density at radius 3 is 1.50 bits per heavy atom. The third kappa shape index (κ3) is 3.66. The van der Waals surface area contributed by atoms with Crippen molar-refractivity contribution in [1.29, 1.82) is 0 Å². The van der Waals surface area contributed by atoms with Crippen LogP contribution in [0.5, 0.6) is 0 Å². The minimum atomic E-state index is -0.742. The molecule has 1 aliphatic heterocycles. The lowest BCUT2D eigenvalue weighted by Gasteiger charge is -2.47. The number of likely N-dealkylation sites (tertiary alicyclic amines) is 1. The van der Waals surface area contributed by atoms with Crippen molar-refractivity contribution in [2.75, 3.05) is 13.1 Å². The van der Waals surface area contributed by atoms with Crippen molar-refractivity contribution >= 4 is 5.97 Å². The van der Waals surface area contributed by atoms with Crippen LogP contribution in [0.15, 0.2) is 91.0 Å². The van der Waals surface area contributed by atoms with Gasteiger partial charge >= 0.3 is 5.97 Å². The van der Waals surface area contributed by atoms with Gasteiger partial charge < -0.3 is 5.11 Å². The summed E-state index contributed by atoms with van der Waals surface area (Å²) in [5, 5.41) is 9.45. The summed E-state index contributed by atoms with van der Waals surface area (Å²) in [4.78, 5) is 13.6. The molecule has 3 nitrogen and oxygen atoms in total. The summed E-state index contributed by atoms with van der Waals surface area (Å²) in [6, 6.07) is 32.0. The van der Waals surface area contributed by atoms with E-state index in [1.807, 2.05) is 0 Å². The lowest BCUT2D eigenvalue weighted by molar-refractivity contribution is -0.143. The maximum absolute atomic E-state index is 11.5. The molecule has 4 rings (SSSR count). The van der Waals surface area contributed by atoms with Crippen molar-refractivity contribution in [2.24, 2.45) is 5.92 Å². The zero-order valence-electron chi connectivity index (χ0n) is 17.4. The van der Waals surface area contributed by atoms with Crippen LogP contribution in [0.25, 0.3) is 0 Å². The van der Waals surface area contributed by atoms with Crippen LogP contribution in [0, 0.1) is 5.92 Å². The van der Waals surface area contributed by atoms with E-state index >= 15 is 0 Å². The smallest absolute Gasteiger partial charge is 0.320 e. The molecule has 1 saturated heterocycles. The normalized spacial score (nSPS) is 16.8. The lowest BCUT2D eigenvalue weighted by atomic mass is 9.59. The molecule has 1 heterocycles. The molecule has 0 aliphatic carbocycles. The number of nitrogens with zero attached hydrogens (tertiary/aromatic N) is 1. The average molecular weight is 400 g/mol. The molecule has 0 aromatic heterocycles. The van der Waals surface area contributed by atoms with Crippen LogP contribution in [-0.4, -0.2) is 35.1 Å². The highest BCUT2D eigenvalue weighted by molar-refractivity contribution is 5.72. The number of piperidine rings is 1. The summed E-state index contributed by atoms with van der Waals surface area (Å²) in [7, 11) is 0. The van der Waals surface area contributed by atoms with E-state index in [1.54, 1.807) is 6.92 Å². The van der Waals surface area contributed by atoms with Gasteiger partial charge in [-0.1, -0.05) is 91.0 Å². The molecule has 0 radical (unpaired) electrons. The summed E-state index contributed by atoms with van der Waals surface area (Å²) in [6.07, 6.45) is 1.91. The summed E-state index contributed by atoms with van der Waals surface area (Å²) in [5.41, 5.74) is 3.63. The highest BCUT2D eigenvalue weighted by Crippen LogP contribution is 2.49. The first-order valence-corrected chi connectivity index (χ1v) is 10.8. The molecular formula is C27H29NO2. The number of rotatable bonds is 6. The SMILES string of the molecule is CC(C(=O)O)N1CCC(C(c2ccccc2)(c2ccccc2)c2ccccc2)CC1. The molecule has 0 spiro atoms. The second-order valence-corrected chi connectivity index (χ2v) is 8.23. The fourth-order valence-corrected chi connectivity index (χ4v) is 5.19. The van der Waals surface area contributed by atoms with E-state index in [4.69, 9.17) is 0 Å². The number of aliphatic carboxylic acids is 1. The third-order valence-electron chi connectivity index (χ3n) is 6.73. The largest absolute Gasteiger partial charge is 0.480 e. The Bertz CT molecular complexity index is 851. The van der Waals surface area contributed by atoms with Gasteiger partial charge in [0, 0.05) is 5.41 Å². The third-order valence-corrected chi connectivity index (χ3v) is 6.73. The number of hydrogen-bond acceptors (Lipinski definition) is 2. The molecule has 1 unspecified atom stereocenters. The molecule has 0 bridgehead atoms. The molecule has 1 atom stereocenters. The van der Waals surface area contributed by atoms with Crippen molar-refractivity contribution in [1.82, 2.24) is 4.90 Å². The van der Waals surface area contributed by atoms with Gasteiger partial charge in [0.05, 0.1) is 0 Å². The van der Waals surface area contributed by atoms with E-state index < -0.39 is 12.0 Å². The first-order valence-electron chi connectivity index (χ1n) is 10.8. The summed E-state index contributed by atoms with van der Waals surface area (Å²) in [6.45, 7) is 3.39. The molecular weight excluding hydrogens is 370 g/mol. The zero-order chi connectivity index (χ0) is 21.0. The average Bonchev–Trinajstić information content (AvgIpc) is 2.82. The molecule has 1 fully saturated rings. The highest BCUT2D eigenvalue weighted by atomic mass is 16.4. The molecule has 3 aromatic carbocycles. The van der Waals surface area contributed by atoms with Gasteiger partial charge in [-0.15, -0.1) is 0 Å². The number of benzene rings is 3. The molecule has 0 saturated carbocycles. The van der Waals surface area contributed by atoms with Crippen LogP contribution in [-0.2, 0) is 10.2 Å². The lowest BCUT2D eigenvalue weighted by Crippen LogP contribution is -2.49. The number of carbonyl (C=O) groups is 1. The topological polar surface area (TPSA) is 40.5 Å². The molecule has 3 heteroatoms. The Kier molecular flexibility index (Phi) is 6.01. The van der Waals surface area contributed by atoms with E-state index in [-0.39, 0.29) is 5.41 Å². The van der Waals surface area contributed by atoms with Gasteiger partial charge in [-0.3, -0.25) is 9.69 Å². The number of carboxylic acids is 1. The summed E-state index contributed by atoms with van der Waals surface area (Å²) >= 11 is 0. The van der Waals surface area contributed by atoms with Crippen molar-refractivity contribution in [3.8, 4) is 0 Å². The van der Waals surface area contributed by atoms with Crippen LogP contribution >= 0.6 is 0 Å². The van der Waals surface area contributed by atoms with Gasteiger partial charge in [0.2, 0.25) is 0 Å². The van der Waals surface area contributed by atoms with Crippen LogP contribution in [0.2, 0.25) is 0 Å². The molecule has 154 valence electrons. The monoisotopic (exact) mass is 399 g/mol. The van der Waals surface area contributed by atoms with Crippen LogP contribution in [0.3, 0.4) is 0 Å².